The number of rotatable bonds is 6. The fraction of sp³-hybridized carbons (Fsp3) is 0.462. The molecule has 180 valence electrons. The number of carbonyl (C=O) groups excluding carboxylic acids is 1. The van der Waals surface area contributed by atoms with Gasteiger partial charge in [0.1, 0.15) is 17.5 Å². The predicted molar refractivity (Wildman–Crippen MR) is 128 cm³/mol. The summed E-state index contributed by atoms with van der Waals surface area (Å²) >= 11 is 0. The fourth-order valence-corrected chi connectivity index (χ4v) is 5.63. The smallest absolute Gasteiger partial charge is 0.310 e. The van der Waals surface area contributed by atoms with Gasteiger partial charge in [0.05, 0.1) is 35.0 Å². The van der Waals surface area contributed by atoms with Crippen LogP contribution < -0.4 is 9.04 Å². The summed E-state index contributed by atoms with van der Waals surface area (Å²) in [5.41, 5.74) is 0.943. The normalized spacial score (nSPS) is 18.9. The zero-order chi connectivity index (χ0) is 24.7. The summed E-state index contributed by atoms with van der Waals surface area (Å²) in [7, 11) is -3.89. The standard InChI is InChI=1S/C26H30N2O5S/c1-18-5-8-21(9-6-18)34(30,31)28-16-20(15-26(17-27)11-12-26)32-23-10-7-19(13-22(23)28)14-24(29)33-25(2,3)4/h5-10,13,20H,11-12,14-16H2,1-4H3/t20-/m0/s1. The highest BCUT2D eigenvalue weighted by atomic mass is 32.2. The van der Waals surface area contributed by atoms with Crippen LogP contribution in [0.5, 0.6) is 5.75 Å². The van der Waals surface area contributed by atoms with Crippen molar-refractivity contribution in [1.82, 2.24) is 0 Å². The van der Waals surface area contributed by atoms with Gasteiger partial charge in [-0.1, -0.05) is 23.8 Å². The van der Waals surface area contributed by atoms with E-state index in [1.165, 1.54) is 4.31 Å². The molecule has 0 bridgehead atoms. The highest BCUT2D eigenvalue weighted by Crippen LogP contribution is 2.50. The Morgan fingerprint density at radius 1 is 1.21 bits per heavy atom. The van der Waals surface area contributed by atoms with Crippen LogP contribution in [0, 0.1) is 23.7 Å². The second kappa shape index (κ2) is 8.62. The maximum absolute atomic E-state index is 13.7. The molecule has 0 radical (unpaired) electrons. The monoisotopic (exact) mass is 482 g/mol. The van der Waals surface area contributed by atoms with Gasteiger partial charge in [-0.05, 0) is 70.4 Å². The van der Waals surface area contributed by atoms with Crippen LogP contribution in [0.25, 0.3) is 0 Å². The molecule has 0 unspecified atom stereocenters. The first-order valence-electron chi connectivity index (χ1n) is 11.4. The molecule has 0 N–H and O–H groups in total. The van der Waals surface area contributed by atoms with Crippen molar-refractivity contribution in [3.63, 3.8) is 0 Å². The Morgan fingerprint density at radius 2 is 1.88 bits per heavy atom. The second-order valence-corrected chi connectivity index (χ2v) is 12.1. The van der Waals surface area contributed by atoms with Gasteiger partial charge in [0.15, 0.2) is 0 Å². The number of hydrogen-bond donors (Lipinski definition) is 0. The molecule has 0 saturated heterocycles. The Balaban J connectivity index is 1.69. The van der Waals surface area contributed by atoms with Crippen LogP contribution in [0.1, 0.15) is 51.2 Å². The molecule has 0 amide bonds. The summed E-state index contributed by atoms with van der Waals surface area (Å²) in [4.78, 5) is 12.5. The lowest BCUT2D eigenvalue weighted by atomic mass is 9.99. The number of sulfonamides is 1. The van der Waals surface area contributed by atoms with Crippen LogP contribution in [0.2, 0.25) is 0 Å². The van der Waals surface area contributed by atoms with Crippen LogP contribution in [-0.4, -0.2) is 32.6 Å². The first-order chi connectivity index (χ1) is 15.9. The molecular weight excluding hydrogens is 452 g/mol. The van der Waals surface area contributed by atoms with Crippen molar-refractivity contribution >= 4 is 21.7 Å². The van der Waals surface area contributed by atoms with E-state index >= 15 is 0 Å². The van der Waals surface area contributed by atoms with Gasteiger partial charge in [-0.2, -0.15) is 5.26 Å². The van der Waals surface area contributed by atoms with E-state index in [9.17, 15) is 18.5 Å². The van der Waals surface area contributed by atoms with Crippen molar-refractivity contribution < 1.29 is 22.7 Å². The average Bonchev–Trinajstić information content (AvgIpc) is 3.52. The molecule has 1 fully saturated rings. The summed E-state index contributed by atoms with van der Waals surface area (Å²) in [5, 5.41) is 9.53. The molecule has 2 aromatic rings. The molecule has 34 heavy (non-hydrogen) atoms. The molecule has 0 spiro atoms. The number of anilines is 1. The zero-order valence-corrected chi connectivity index (χ0v) is 20.8. The average molecular weight is 483 g/mol. The predicted octanol–water partition coefficient (Wildman–Crippen LogP) is 4.53. The number of nitriles is 1. The van der Waals surface area contributed by atoms with Gasteiger partial charge in [0.25, 0.3) is 10.0 Å². The largest absolute Gasteiger partial charge is 0.486 e. The van der Waals surface area contributed by atoms with E-state index in [1.807, 2.05) is 6.92 Å². The number of benzene rings is 2. The number of nitrogens with zero attached hydrogens (tertiary/aromatic N) is 2. The zero-order valence-electron chi connectivity index (χ0n) is 20.0. The summed E-state index contributed by atoms with van der Waals surface area (Å²) < 4.78 is 40.3. The first-order valence-corrected chi connectivity index (χ1v) is 12.9. The number of hydrogen-bond acceptors (Lipinski definition) is 6. The van der Waals surface area contributed by atoms with E-state index in [4.69, 9.17) is 9.47 Å². The summed E-state index contributed by atoms with van der Waals surface area (Å²) in [6.45, 7) is 7.40. The van der Waals surface area contributed by atoms with Gasteiger partial charge in [0.2, 0.25) is 0 Å². The highest BCUT2D eigenvalue weighted by Gasteiger charge is 2.47. The third-order valence-corrected chi connectivity index (χ3v) is 7.84. The minimum atomic E-state index is -3.89. The quantitative estimate of drug-likeness (QED) is 0.561. The fourth-order valence-electron chi connectivity index (χ4n) is 4.13. The Hall–Kier alpha value is -3.05. The maximum Gasteiger partial charge on any atom is 0.310 e. The third-order valence-electron chi connectivity index (χ3n) is 6.04. The van der Waals surface area contributed by atoms with Gasteiger partial charge >= 0.3 is 5.97 Å². The maximum atomic E-state index is 13.7. The van der Waals surface area contributed by atoms with Crippen LogP contribution in [-0.2, 0) is 26.0 Å². The molecule has 2 aliphatic rings. The van der Waals surface area contributed by atoms with Crippen molar-refractivity contribution in [3.8, 4) is 11.8 Å². The second-order valence-electron chi connectivity index (χ2n) is 10.3. The molecule has 1 saturated carbocycles. The minimum absolute atomic E-state index is 0.0178. The van der Waals surface area contributed by atoms with E-state index in [0.717, 1.165) is 18.4 Å². The molecular formula is C26H30N2O5S. The van der Waals surface area contributed by atoms with Crippen molar-refractivity contribution in [2.45, 2.75) is 70.0 Å². The van der Waals surface area contributed by atoms with Gasteiger partial charge in [-0.15, -0.1) is 0 Å². The van der Waals surface area contributed by atoms with Crippen molar-refractivity contribution in [3.05, 3.63) is 53.6 Å². The van der Waals surface area contributed by atoms with E-state index in [-0.39, 0.29) is 23.8 Å². The number of aryl methyl sites for hydroxylation is 1. The molecule has 8 heteroatoms. The molecule has 1 atom stereocenters. The Kier molecular flexibility index (Phi) is 6.11. The number of fused-ring (bicyclic) bond motifs is 1. The highest BCUT2D eigenvalue weighted by molar-refractivity contribution is 7.92. The molecule has 7 nitrogen and oxygen atoms in total. The van der Waals surface area contributed by atoms with E-state index < -0.39 is 27.1 Å². The number of ether oxygens (including phenoxy) is 2. The molecule has 2 aromatic carbocycles. The molecule has 1 aliphatic heterocycles. The third kappa shape index (κ3) is 5.20. The first kappa shape index (κ1) is 24.1. The molecule has 4 rings (SSSR count). The SMILES string of the molecule is Cc1ccc(S(=O)(=O)N2C[C@H](CC3(C#N)CC3)Oc3ccc(CC(=O)OC(C)(C)C)cc32)cc1. The lowest BCUT2D eigenvalue weighted by Crippen LogP contribution is -2.44. The van der Waals surface area contributed by atoms with Crippen molar-refractivity contribution in [2.24, 2.45) is 5.41 Å². The van der Waals surface area contributed by atoms with Gasteiger partial charge in [-0.3, -0.25) is 9.10 Å². The van der Waals surface area contributed by atoms with Crippen LogP contribution >= 0.6 is 0 Å². The minimum Gasteiger partial charge on any atom is -0.486 e. The number of esters is 1. The van der Waals surface area contributed by atoms with Crippen LogP contribution in [0.4, 0.5) is 5.69 Å². The molecule has 1 heterocycles. The van der Waals surface area contributed by atoms with Crippen molar-refractivity contribution in [2.75, 3.05) is 10.8 Å². The Morgan fingerprint density at radius 3 is 2.47 bits per heavy atom. The topological polar surface area (TPSA) is 96.7 Å². The lowest BCUT2D eigenvalue weighted by molar-refractivity contribution is -0.153. The summed E-state index contributed by atoms with van der Waals surface area (Å²) in [5.74, 6) is 0.0355. The summed E-state index contributed by atoms with van der Waals surface area (Å²) in [6.07, 6.45) is 1.66. The molecule has 0 aromatic heterocycles. The lowest BCUT2D eigenvalue weighted by Gasteiger charge is -2.36. The van der Waals surface area contributed by atoms with Crippen LogP contribution in [0.15, 0.2) is 47.4 Å². The van der Waals surface area contributed by atoms with E-state index in [1.54, 1.807) is 63.2 Å². The van der Waals surface area contributed by atoms with Gasteiger partial charge in [-0.25, -0.2) is 8.42 Å². The van der Waals surface area contributed by atoms with Gasteiger partial charge in [0, 0.05) is 6.42 Å². The van der Waals surface area contributed by atoms with E-state index in [2.05, 4.69) is 6.07 Å². The Labute approximate surface area is 201 Å². The summed E-state index contributed by atoms with van der Waals surface area (Å²) in [6, 6.07) is 14.2. The van der Waals surface area contributed by atoms with Gasteiger partial charge < -0.3 is 9.47 Å². The molecule has 1 aliphatic carbocycles. The number of carbonyl (C=O) groups is 1. The van der Waals surface area contributed by atoms with E-state index in [0.29, 0.717) is 23.4 Å². The Bertz CT molecular complexity index is 1240. The van der Waals surface area contributed by atoms with Crippen LogP contribution in [0.3, 0.4) is 0 Å². The van der Waals surface area contributed by atoms with Crippen molar-refractivity contribution in [1.29, 1.82) is 5.26 Å².